The minimum Gasteiger partial charge on any atom is -0.271 e. The van der Waals surface area contributed by atoms with Crippen LogP contribution in [0.2, 0.25) is 0 Å². The van der Waals surface area contributed by atoms with Gasteiger partial charge in [0, 0.05) is 5.71 Å². The van der Waals surface area contributed by atoms with Crippen molar-refractivity contribution in [3.63, 3.8) is 0 Å². The summed E-state index contributed by atoms with van der Waals surface area (Å²) in [6, 6.07) is 16.5. The van der Waals surface area contributed by atoms with Crippen LogP contribution in [0.25, 0.3) is 0 Å². The number of rotatable bonds is 6. The second kappa shape index (κ2) is 7.74. The van der Waals surface area contributed by atoms with Crippen molar-refractivity contribution in [1.29, 1.82) is 0 Å². The highest BCUT2D eigenvalue weighted by atomic mass is 32.2. The molecule has 6 nitrogen and oxygen atoms in total. The fraction of sp³-hybridized carbons (Fsp3) is 0.176. The van der Waals surface area contributed by atoms with Gasteiger partial charge >= 0.3 is 0 Å². The number of sulfonamides is 1. The van der Waals surface area contributed by atoms with E-state index in [9.17, 15) is 13.2 Å². The molecule has 2 aromatic carbocycles. The fourth-order valence-electron chi connectivity index (χ4n) is 1.97. The first-order chi connectivity index (χ1) is 11.4. The van der Waals surface area contributed by atoms with Gasteiger partial charge in [-0.1, -0.05) is 36.4 Å². The van der Waals surface area contributed by atoms with Crippen molar-refractivity contribution in [1.82, 2.24) is 5.43 Å². The van der Waals surface area contributed by atoms with Crippen LogP contribution in [-0.4, -0.2) is 26.6 Å². The summed E-state index contributed by atoms with van der Waals surface area (Å²) < 4.78 is 26.9. The number of hydrogen-bond donors (Lipinski definition) is 1. The van der Waals surface area contributed by atoms with Crippen LogP contribution in [0.15, 0.2) is 70.7 Å². The van der Waals surface area contributed by atoms with Gasteiger partial charge in [0.15, 0.2) is 0 Å². The van der Waals surface area contributed by atoms with Gasteiger partial charge in [0.25, 0.3) is 15.9 Å². The minimum atomic E-state index is -3.86. The fourth-order valence-corrected chi connectivity index (χ4v) is 3.41. The van der Waals surface area contributed by atoms with Crippen molar-refractivity contribution in [2.75, 3.05) is 10.8 Å². The van der Waals surface area contributed by atoms with E-state index in [1.54, 1.807) is 62.4 Å². The van der Waals surface area contributed by atoms with Crippen LogP contribution in [0.4, 0.5) is 5.69 Å². The Labute approximate surface area is 141 Å². The first kappa shape index (κ1) is 17.7. The number of benzene rings is 2. The molecule has 0 aromatic heterocycles. The van der Waals surface area contributed by atoms with Crippen LogP contribution in [0.3, 0.4) is 0 Å². The second-order valence-electron chi connectivity index (χ2n) is 5.25. The quantitative estimate of drug-likeness (QED) is 0.645. The maximum absolute atomic E-state index is 12.9. The third kappa shape index (κ3) is 4.42. The molecule has 0 unspecified atom stereocenters. The van der Waals surface area contributed by atoms with Crippen LogP contribution < -0.4 is 9.73 Å². The molecule has 0 radical (unpaired) electrons. The van der Waals surface area contributed by atoms with Gasteiger partial charge in [0.2, 0.25) is 0 Å². The Kier molecular flexibility index (Phi) is 5.70. The van der Waals surface area contributed by atoms with Crippen LogP contribution >= 0.6 is 0 Å². The van der Waals surface area contributed by atoms with E-state index in [2.05, 4.69) is 10.5 Å². The number of hydrazone groups is 1. The van der Waals surface area contributed by atoms with E-state index in [-0.39, 0.29) is 11.4 Å². The molecule has 0 aliphatic rings. The van der Waals surface area contributed by atoms with Crippen LogP contribution in [0, 0.1) is 0 Å². The second-order valence-corrected chi connectivity index (χ2v) is 7.12. The molecule has 1 amide bonds. The smallest absolute Gasteiger partial charge is 0.264 e. The molecule has 0 atom stereocenters. The molecule has 1 N–H and O–H groups in total. The Hall–Kier alpha value is -2.67. The lowest BCUT2D eigenvalue weighted by molar-refractivity contribution is -0.119. The molecule has 2 rings (SSSR count). The van der Waals surface area contributed by atoms with E-state index >= 15 is 0 Å². The Morgan fingerprint density at radius 3 is 2.08 bits per heavy atom. The Morgan fingerprint density at radius 1 is 1.00 bits per heavy atom. The molecule has 0 heterocycles. The lowest BCUT2D eigenvalue weighted by Gasteiger charge is -2.23. The van der Waals surface area contributed by atoms with Gasteiger partial charge in [0.1, 0.15) is 6.54 Å². The Morgan fingerprint density at radius 2 is 1.54 bits per heavy atom. The predicted molar refractivity (Wildman–Crippen MR) is 94.3 cm³/mol. The predicted octanol–water partition coefficient (Wildman–Crippen LogP) is 2.39. The van der Waals surface area contributed by atoms with Gasteiger partial charge < -0.3 is 0 Å². The van der Waals surface area contributed by atoms with Crippen LogP contribution in [0.1, 0.15) is 13.8 Å². The van der Waals surface area contributed by atoms with Gasteiger partial charge in [-0.3, -0.25) is 9.10 Å². The normalized spacial score (nSPS) is 10.8. The van der Waals surface area contributed by atoms with E-state index in [0.717, 1.165) is 4.31 Å². The summed E-state index contributed by atoms with van der Waals surface area (Å²) in [7, 11) is -3.86. The maximum atomic E-state index is 12.9. The van der Waals surface area contributed by atoms with Crippen molar-refractivity contribution in [2.24, 2.45) is 5.10 Å². The monoisotopic (exact) mass is 345 g/mol. The average molecular weight is 345 g/mol. The Balaban J connectivity index is 2.37. The van der Waals surface area contributed by atoms with Crippen molar-refractivity contribution in [2.45, 2.75) is 18.7 Å². The molecule has 0 aliphatic carbocycles. The SMILES string of the molecule is CC(C)=NNC(=O)CN(c1ccccc1)S(=O)(=O)c1ccccc1. The lowest BCUT2D eigenvalue weighted by Crippen LogP contribution is -2.39. The largest absolute Gasteiger partial charge is 0.271 e. The van der Waals surface area contributed by atoms with Crippen molar-refractivity contribution < 1.29 is 13.2 Å². The first-order valence-corrected chi connectivity index (χ1v) is 8.78. The highest BCUT2D eigenvalue weighted by molar-refractivity contribution is 7.92. The summed E-state index contributed by atoms with van der Waals surface area (Å²) in [5.74, 6) is -0.514. The molecule has 0 aliphatic heterocycles. The summed E-state index contributed by atoms with van der Waals surface area (Å²) in [4.78, 5) is 12.2. The third-order valence-electron chi connectivity index (χ3n) is 3.07. The third-order valence-corrected chi connectivity index (χ3v) is 4.85. The van der Waals surface area contributed by atoms with Crippen LogP contribution in [-0.2, 0) is 14.8 Å². The van der Waals surface area contributed by atoms with Gasteiger partial charge in [-0.05, 0) is 38.1 Å². The number of hydrogen-bond acceptors (Lipinski definition) is 4. The van der Waals surface area contributed by atoms with Crippen molar-refractivity contribution in [3.05, 3.63) is 60.7 Å². The van der Waals surface area contributed by atoms with Gasteiger partial charge in [-0.2, -0.15) is 5.10 Å². The molecule has 0 bridgehead atoms. The first-order valence-electron chi connectivity index (χ1n) is 7.34. The number of anilines is 1. The standard InChI is InChI=1S/C17H19N3O3S/c1-14(2)18-19-17(21)13-20(15-9-5-3-6-10-15)24(22,23)16-11-7-4-8-12-16/h3-12H,13H2,1-2H3,(H,19,21). The summed E-state index contributed by atoms with van der Waals surface area (Å²) >= 11 is 0. The van der Waals surface area contributed by atoms with E-state index in [1.165, 1.54) is 12.1 Å². The summed E-state index contributed by atoms with van der Waals surface area (Å²) in [6.45, 7) is 3.10. The molecule has 0 fully saturated rings. The van der Waals surface area contributed by atoms with Crippen molar-refractivity contribution in [3.8, 4) is 0 Å². The Bertz CT molecular complexity index is 815. The molecule has 7 heteroatoms. The average Bonchev–Trinajstić information content (AvgIpc) is 2.59. The highest BCUT2D eigenvalue weighted by Crippen LogP contribution is 2.22. The molecule has 2 aromatic rings. The number of nitrogens with one attached hydrogen (secondary N) is 1. The van der Waals surface area contributed by atoms with Crippen LogP contribution in [0.5, 0.6) is 0 Å². The number of nitrogens with zero attached hydrogens (tertiary/aromatic N) is 2. The van der Waals surface area contributed by atoms with E-state index in [4.69, 9.17) is 0 Å². The number of carbonyl (C=O) groups excluding carboxylic acids is 1. The van der Waals surface area contributed by atoms with E-state index in [0.29, 0.717) is 11.4 Å². The molecule has 126 valence electrons. The van der Waals surface area contributed by atoms with Gasteiger partial charge in [0.05, 0.1) is 10.6 Å². The van der Waals surface area contributed by atoms with Gasteiger partial charge in [-0.25, -0.2) is 13.8 Å². The summed E-state index contributed by atoms with van der Waals surface area (Å²) in [5, 5.41) is 3.82. The molecular formula is C17H19N3O3S. The molecule has 0 spiro atoms. The van der Waals surface area contributed by atoms with Gasteiger partial charge in [-0.15, -0.1) is 0 Å². The van der Waals surface area contributed by atoms with E-state index < -0.39 is 15.9 Å². The number of para-hydroxylation sites is 1. The zero-order chi connectivity index (χ0) is 17.6. The lowest BCUT2D eigenvalue weighted by atomic mass is 10.3. The zero-order valence-corrected chi connectivity index (χ0v) is 14.3. The highest BCUT2D eigenvalue weighted by Gasteiger charge is 2.26. The number of carbonyl (C=O) groups is 1. The van der Waals surface area contributed by atoms with Crippen molar-refractivity contribution >= 4 is 27.3 Å². The molecular weight excluding hydrogens is 326 g/mol. The summed E-state index contributed by atoms with van der Waals surface area (Å²) in [5.41, 5.74) is 3.43. The molecule has 0 saturated heterocycles. The summed E-state index contributed by atoms with van der Waals surface area (Å²) in [6.07, 6.45) is 0. The maximum Gasteiger partial charge on any atom is 0.264 e. The molecule has 0 saturated carbocycles. The zero-order valence-electron chi connectivity index (χ0n) is 13.5. The minimum absolute atomic E-state index is 0.122. The molecule has 24 heavy (non-hydrogen) atoms. The topological polar surface area (TPSA) is 78.8 Å². The number of amides is 1. The van der Waals surface area contributed by atoms with E-state index in [1.807, 2.05) is 0 Å².